The highest BCUT2D eigenvalue weighted by Gasteiger charge is 2.23. The number of nitrogens with zero attached hydrogens (tertiary/aromatic N) is 1. The highest BCUT2D eigenvalue weighted by molar-refractivity contribution is 6.34. The number of rotatable bonds is 3. The summed E-state index contributed by atoms with van der Waals surface area (Å²) in [6.07, 6.45) is 4.39. The second-order valence-corrected chi connectivity index (χ2v) is 5.32. The van der Waals surface area contributed by atoms with E-state index in [-0.39, 0.29) is 17.9 Å². The Morgan fingerprint density at radius 2 is 2.16 bits per heavy atom. The SMILES string of the molecule is CN(C)c1c(Cl)cccc1NC(=O)C1C=CC(N)C1. The Kier molecular flexibility index (Phi) is 4.12. The first kappa shape index (κ1) is 13.9. The van der Waals surface area contributed by atoms with Gasteiger partial charge in [-0.15, -0.1) is 0 Å². The smallest absolute Gasteiger partial charge is 0.231 e. The van der Waals surface area contributed by atoms with Crippen molar-refractivity contribution in [3.63, 3.8) is 0 Å². The van der Waals surface area contributed by atoms with Crippen LogP contribution in [0.2, 0.25) is 5.02 Å². The first-order valence-corrected chi connectivity index (χ1v) is 6.57. The van der Waals surface area contributed by atoms with E-state index in [9.17, 15) is 4.79 Å². The third kappa shape index (κ3) is 3.08. The molecule has 1 aromatic carbocycles. The molecule has 0 fully saturated rings. The number of benzene rings is 1. The average Bonchev–Trinajstić information content (AvgIpc) is 2.75. The number of hydrogen-bond acceptors (Lipinski definition) is 3. The van der Waals surface area contributed by atoms with Crippen molar-refractivity contribution in [3.05, 3.63) is 35.4 Å². The largest absolute Gasteiger partial charge is 0.375 e. The van der Waals surface area contributed by atoms with Crippen molar-refractivity contribution in [3.8, 4) is 0 Å². The van der Waals surface area contributed by atoms with Crippen LogP contribution in [0.15, 0.2) is 30.4 Å². The molecule has 19 heavy (non-hydrogen) atoms. The molecule has 0 heterocycles. The van der Waals surface area contributed by atoms with Gasteiger partial charge >= 0.3 is 0 Å². The van der Waals surface area contributed by atoms with E-state index in [4.69, 9.17) is 17.3 Å². The molecule has 4 nitrogen and oxygen atoms in total. The molecule has 0 radical (unpaired) electrons. The molecule has 102 valence electrons. The second-order valence-electron chi connectivity index (χ2n) is 4.91. The summed E-state index contributed by atoms with van der Waals surface area (Å²) < 4.78 is 0. The summed E-state index contributed by atoms with van der Waals surface area (Å²) in [5, 5.41) is 3.54. The van der Waals surface area contributed by atoms with E-state index in [2.05, 4.69) is 5.32 Å². The number of amides is 1. The van der Waals surface area contributed by atoms with E-state index < -0.39 is 0 Å². The lowest BCUT2D eigenvalue weighted by Crippen LogP contribution is -2.25. The molecular weight excluding hydrogens is 262 g/mol. The van der Waals surface area contributed by atoms with Crippen molar-refractivity contribution in [1.29, 1.82) is 0 Å². The zero-order valence-electron chi connectivity index (χ0n) is 11.1. The molecule has 2 rings (SSSR count). The van der Waals surface area contributed by atoms with E-state index in [1.54, 1.807) is 6.07 Å². The molecule has 3 N–H and O–H groups in total. The fourth-order valence-electron chi connectivity index (χ4n) is 2.22. The Balaban J connectivity index is 2.17. The lowest BCUT2D eigenvalue weighted by molar-refractivity contribution is -0.118. The maximum absolute atomic E-state index is 12.2. The van der Waals surface area contributed by atoms with Gasteiger partial charge in [0.2, 0.25) is 5.91 Å². The monoisotopic (exact) mass is 279 g/mol. The third-order valence-electron chi connectivity index (χ3n) is 3.15. The minimum atomic E-state index is -0.163. The first-order chi connectivity index (χ1) is 8.99. The van der Waals surface area contributed by atoms with E-state index in [1.807, 2.05) is 43.3 Å². The number of anilines is 2. The van der Waals surface area contributed by atoms with Crippen molar-refractivity contribution >= 4 is 28.9 Å². The maximum atomic E-state index is 12.2. The molecule has 1 aliphatic rings. The average molecular weight is 280 g/mol. The summed E-state index contributed by atoms with van der Waals surface area (Å²) in [4.78, 5) is 14.0. The molecule has 0 saturated heterocycles. The van der Waals surface area contributed by atoms with Gasteiger partial charge in [0.05, 0.1) is 22.3 Å². The van der Waals surface area contributed by atoms with Crippen LogP contribution in [0.3, 0.4) is 0 Å². The minimum absolute atomic E-state index is 0.0246. The molecule has 0 bridgehead atoms. The van der Waals surface area contributed by atoms with E-state index in [1.165, 1.54) is 0 Å². The van der Waals surface area contributed by atoms with Gasteiger partial charge in [0.1, 0.15) is 0 Å². The van der Waals surface area contributed by atoms with Crippen LogP contribution >= 0.6 is 11.6 Å². The first-order valence-electron chi connectivity index (χ1n) is 6.19. The molecule has 0 aromatic heterocycles. The quantitative estimate of drug-likeness (QED) is 0.835. The fourth-order valence-corrected chi connectivity index (χ4v) is 2.56. The van der Waals surface area contributed by atoms with Crippen LogP contribution in [-0.2, 0) is 4.79 Å². The van der Waals surface area contributed by atoms with Crippen LogP contribution in [-0.4, -0.2) is 26.0 Å². The van der Waals surface area contributed by atoms with Crippen LogP contribution in [0.4, 0.5) is 11.4 Å². The van der Waals surface area contributed by atoms with Gasteiger partial charge in [-0.3, -0.25) is 4.79 Å². The van der Waals surface area contributed by atoms with Crippen molar-refractivity contribution in [2.75, 3.05) is 24.3 Å². The fraction of sp³-hybridized carbons (Fsp3) is 0.357. The predicted molar refractivity (Wildman–Crippen MR) is 79.6 cm³/mol. The molecule has 1 amide bonds. The zero-order chi connectivity index (χ0) is 14.0. The molecule has 5 heteroatoms. The van der Waals surface area contributed by atoms with Crippen molar-refractivity contribution in [1.82, 2.24) is 0 Å². The highest BCUT2D eigenvalue weighted by Crippen LogP contribution is 2.33. The third-order valence-corrected chi connectivity index (χ3v) is 3.45. The molecule has 0 saturated carbocycles. The van der Waals surface area contributed by atoms with Gasteiger partial charge in [0.15, 0.2) is 0 Å². The normalized spacial score (nSPS) is 21.5. The number of carbonyl (C=O) groups is 1. The summed E-state index contributed by atoms with van der Waals surface area (Å²) in [7, 11) is 3.78. The lowest BCUT2D eigenvalue weighted by Gasteiger charge is -2.20. The van der Waals surface area contributed by atoms with Gasteiger partial charge in [-0.25, -0.2) is 0 Å². The Hall–Kier alpha value is -1.52. The van der Waals surface area contributed by atoms with Crippen LogP contribution in [0, 0.1) is 5.92 Å². The van der Waals surface area contributed by atoms with E-state index >= 15 is 0 Å². The molecule has 2 unspecified atom stereocenters. The minimum Gasteiger partial charge on any atom is -0.375 e. The molecule has 0 aliphatic heterocycles. The number of carbonyl (C=O) groups excluding carboxylic acids is 1. The zero-order valence-corrected chi connectivity index (χ0v) is 11.8. The van der Waals surface area contributed by atoms with Gasteiger partial charge in [-0.1, -0.05) is 29.8 Å². The topological polar surface area (TPSA) is 58.4 Å². The van der Waals surface area contributed by atoms with Gasteiger partial charge in [-0.05, 0) is 18.6 Å². The number of hydrogen-bond donors (Lipinski definition) is 2. The van der Waals surface area contributed by atoms with Crippen LogP contribution < -0.4 is 16.0 Å². The lowest BCUT2D eigenvalue weighted by atomic mass is 10.1. The molecule has 2 atom stereocenters. The highest BCUT2D eigenvalue weighted by atomic mass is 35.5. The van der Waals surface area contributed by atoms with Crippen molar-refractivity contribution in [2.24, 2.45) is 11.7 Å². The number of nitrogens with two attached hydrogens (primary N) is 1. The van der Waals surface area contributed by atoms with Crippen LogP contribution in [0.5, 0.6) is 0 Å². The van der Waals surface area contributed by atoms with Gasteiger partial charge in [0.25, 0.3) is 0 Å². The van der Waals surface area contributed by atoms with Crippen molar-refractivity contribution in [2.45, 2.75) is 12.5 Å². The summed E-state index contributed by atoms with van der Waals surface area (Å²) in [6.45, 7) is 0. The molecule has 1 aliphatic carbocycles. The summed E-state index contributed by atoms with van der Waals surface area (Å²) >= 11 is 6.16. The summed E-state index contributed by atoms with van der Waals surface area (Å²) in [6, 6.07) is 5.44. The maximum Gasteiger partial charge on any atom is 0.231 e. The summed E-state index contributed by atoms with van der Waals surface area (Å²) in [5.41, 5.74) is 7.29. The standard InChI is InChI=1S/C14H18ClN3O/c1-18(2)13-11(15)4-3-5-12(13)17-14(19)9-6-7-10(16)8-9/h3-7,9-10H,8,16H2,1-2H3,(H,17,19). The summed E-state index contributed by atoms with van der Waals surface area (Å²) in [5.74, 6) is -0.210. The molecule has 1 aromatic rings. The van der Waals surface area contributed by atoms with Crippen LogP contribution in [0.25, 0.3) is 0 Å². The van der Waals surface area contributed by atoms with Gasteiger partial charge in [0, 0.05) is 20.1 Å². The Morgan fingerprint density at radius 3 is 2.74 bits per heavy atom. The Morgan fingerprint density at radius 1 is 1.42 bits per heavy atom. The second kappa shape index (κ2) is 5.63. The number of nitrogens with one attached hydrogen (secondary N) is 1. The number of halogens is 1. The molecular formula is C14H18ClN3O. The van der Waals surface area contributed by atoms with Crippen molar-refractivity contribution < 1.29 is 4.79 Å². The van der Waals surface area contributed by atoms with Gasteiger partial charge in [-0.2, -0.15) is 0 Å². The number of para-hydroxylation sites is 1. The molecule has 0 spiro atoms. The van der Waals surface area contributed by atoms with E-state index in [0.717, 1.165) is 11.4 Å². The van der Waals surface area contributed by atoms with E-state index in [0.29, 0.717) is 11.4 Å². The predicted octanol–water partition coefficient (Wildman–Crippen LogP) is 2.25. The Labute approximate surface area is 118 Å². The van der Waals surface area contributed by atoms with Crippen LogP contribution in [0.1, 0.15) is 6.42 Å². The van der Waals surface area contributed by atoms with Gasteiger partial charge < -0.3 is 16.0 Å². The Bertz CT molecular complexity index is 513.